The molecule has 2 aromatic rings. The number of esters is 1. The Morgan fingerprint density at radius 3 is 2.61 bits per heavy atom. The van der Waals surface area contributed by atoms with Gasteiger partial charge in [0.15, 0.2) is 0 Å². The molecule has 0 aromatic heterocycles. The number of allylic oxidation sites excluding steroid dienone is 1. The van der Waals surface area contributed by atoms with Gasteiger partial charge in [0.2, 0.25) is 5.88 Å². The van der Waals surface area contributed by atoms with E-state index in [0.717, 1.165) is 0 Å². The molecule has 0 aliphatic carbocycles. The van der Waals surface area contributed by atoms with Crippen LogP contribution in [0.2, 0.25) is 0 Å². The van der Waals surface area contributed by atoms with Crippen molar-refractivity contribution in [3.63, 3.8) is 0 Å². The number of nitrogens with two attached hydrogens (primary N) is 1. The molecule has 1 aliphatic heterocycles. The van der Waals surface area contributed by atoms with E-state index in [1.54, 1.807) is 25.1 Å². The summed E-state index contributed by atoms with van der Waals surface area (Å²) in [4.78, 5) is 23.9. The SMILES string of the molecule is CCOC(=O)C1=C(c2cccc([N+](=O)[O-])c2)OC(N)=C(C#N)C1c1cc(OC)ccc1OC. The molecule has 0 saturated carbocycles. The predicted octanol–water partition coefficient (Wildman–Crippen LogP) is 3.39. The minimum absolute atomic E-state index is 0.0428. The van der Waals surface area contributed by atoms with Gasteiger partial charge in [0.1, 0.15) is 28.9 Å². The van der Waals surface area contributed by atoms with Crippen LogP contribution in [0.3, 0.4) is 0 Å². The van der Waals surface area contributed by atoms with Gasteiger partial charge in [-0.3, -0.25) is 10.1 Å². The number of ether oxygens (including phenoxy) is 4. The first-order valence-corrected chi connectivity index (χ1v) is 9.81. The Kier molecular flexibility index (Phi) is 6.83. The zero-order chi connectivity index (χ0) is 24.1. The standard InChI is InChI=1S/C23H21N3O7/c1-4-32-23(27)20-19(16-11-15(30-2)8-9-18(16)31-3)17(12-24)22(25)33-21(20)13-6-5-7-14(10-13)26(28)29/h5-11,19H,4,25H2,1-3H3. The molecule has 3 rings (SSSR count). The fourth-order valence-corrected chi connectivity index (χ4v) is 3.53. The van der Waals surface area contributed by atoms with Crippen molar-refractivity contribution >= 4 is 17.4 Å². The van der Waals surface area contributed by atoms with Crippen LogP contribution in [-0.2, 0) is 14.3 Å². The maximum Gasteiger partial charge on any atom is 0.338 e. The fraction of sp³-hybridized carbons (Fsp3) is 0.217. The van der Waals surface area contributed by atoms with Gasteiger partial charge in [0.25, 0.3) is 5.69 Å². The number of nitro benzene ring substituents is 1. The summed E-state index contributed by atoms with van der Waals surface area (Å²) in [6.45, 7) is 1.68. The summed E-state index contributed by atoms with van der Waals surface area (Å²) in [5.41, 5.74) is 6.41. The number of nitro groups is 1. The molecule has 0 saturated heterocycles. The summed E-state index contributed by atoms with van der Waals surface area (Å²) < 4.78 is 21.7. The average Bonchev–Trinajstić information content (AvgIpc) is 2.82. The normalized spacial score (nSPS) is 15.4. The number of nitriles is 1. The van der Waals surface area contributed by atoms with E-state index in [2.05, 4.69) is 0 Å². The van der Waals surface area contributed by atoms with Gasteiger partial charge in [-0.15, -0.1) is 0 Å². The molecular formula is C23H21N3O7. The summed E-state index contributed by atoms with van der Waals surface area (Å²) in [6.07, 6.45) is 0. The molecule has 0 radical (unpaired) electrons. The van der Waals surface area contributed by atoms with Gasteiger partial charge in [0, 0.05) is 23.3 Å². The van der Waals surface area contributed by atoms with Crippen molar-refractivity contribution in [2.24, 2.45) is 5.73 Å². The molecule has 1 atom stereocenters. The van der Waals surface area contributed by atoms with E-state index in [9.17, 15) is 20.2 Å². The Morgan fingerprint density at radius 2 is 2.00 bits per heavy atom. The van der Waals surface area contributed by atoms with Gasteiger partial charge in [-0.05, 0) is 25.1 Å². The molecule has 1 heterocycles. The Labute approximate surface area is 189 Å². The van der Waals surface area contributed by atoms with Crippen LogP contribution in [0.25, 0.3) is 5.76 Å². The first-order chi connectivity index (χ1) is 15.9. The number of non-ortho nitro benzene ring substituents is 1. The predicted molar refractivity (Wildman–Crippen MR) is 117 cm³/mol. The molecule has 0 spiro atoms. The van der Waals surface area contributed by atoms with Crippen LogP contribution in [-0.4, -0.2) is 31.7 Å². The first-order valence-electron chi connectivity index (χ1n) is 9.81. The number of methoxy groups -OCH3 is 2. The van der Waals surface area contributed by atoms with Gasteiger partial charge < -0.3 is 24.7 Å². The molecule has 2 N–H and O–H groups in total. The van der Waals surface area contributed by atoms with Crippen molar-refractivity contribution in [3.05, 3.63) is 80.7 Å². The van der Waals surface area contributed by atoms with E-state index in [-0.39, 0.29) is 40.6 Å². The third kappa shape index (κ3) is 4.43. The highest BCUT2D eigenvalue weighted by Crippen LogP contribution is 2.46. The number of nitrogens with zero attached hydrogens (tertiary/aromatic N) is 2. The number of carbonyl (C=O) groups excluding carboxylic acids is 1. The van der Waals surface area contributed by atoms with Crippen molar-refractivity contribution in [1.82, 2.24) is 0 Å². The van der Waals surface area contributed by atoms with E-state index in [0.29, 0.717) is 17.1 Å². The Hall–Kier alpha value is -4.52. The van der Waals surface area contributed by atoms with Crippen LogP contribution in [0.5, 0.6) is 11.5 Å². The molecule has 0 bridgehead atoms. The van der Waals surface area contributed by atoms with Gasteiger partial charge in [-0.25, -0.2) is 4.79 Å². The zero-order valence-electron chi connectivity index (χ0n) is 18.2. The molecule has 2 aromatic carbocycles. The average molecular weight is 451 g/mol. The maximum atomic E-state index is 13.2. The summed E-state index contributed by atoms with van der Waals surface area (Å²) in [5, 5.41) is 21.2. The van der Waals surface area contributed by atoms with Crippen molar-refractivity contribution in [1.29, 1.82) is 5.26 Å². The van der Waals surface area contributed by atoms with Crippen molar-refractivity contribution in [2.45, 2.75) is 12.8 Å². The molecule has 0 fully saturated rings. The third-order valence-corrected chi connectivity index (χ3v) is 4.98. The van der Waals surface area contributed by atoms with E-state index in [1.807, 2.05) is 6.07 Å². The number of hydrogen-bond acceptors (Lipinski definition) is 9. The molecule has 1 unspecified atom stereocenters. The van der Waals surface area contributed by atoms with Crippen LogP contribution in [0.4, 0.5) is 5.69 Å². The second-order valence-electron chi connectivity index (χ2n) is 6.80. The topological polar surface area (TPSA) is 147 Å². The lowest BCUT2D eigenvalue weighted by Gasteiger charge is -2.29. The van der Waals surface area contributed by atoms with Crippen LogP contribution in [0.15, 0.2) is 59.5 Å². The van der Waals surface area contributed by atoms with Gasteiger partial charge in [0.05, 0.1) is 37.2 Å². The van der Waals surface area contributed by atoms with Gasteiger partial charge in [-0.2, -0.15) is 5.26 Å². The number of benzene rings is 2. The van der Waals surface area contributed by atoms with Gasteiger partial charge in [-0.1, -0.05) is 12.1 Å². The smallest absolute Gasteiger partial charge is 0.338 e. The molecule has 170 valence electrons. The Morgan fingerprint density at radius 1 is 1.24 bits per heavy atom. The van der Waals surface area contributed by atoms with Crippen molar-refractivity contribution in [2.75, 3.05) is 20.8 Å². The Bertz CT molecular complexity index is 1210. The number of hydrogen-bond donors (Lipinski definition) is 1. The van der Waals surface area contributed by atoms with Crippen molar-refractivity contribution in [3.8, 4) is 17.6 Å². The molecule has 10 heteroatoms. The highest BCUT2D eigenvalue weighted by molar-refractivity contribution is 6.00. The maximum absolute atomic E-state index is 13.2. The zero-order valence-corrected chi connectivity index (χ0v) is 18.2. The lowest BCUT2D eigenvalue weighted by Crippen LogP contribution is -2.26. The van der Waals surface area contributed by atoms with E-state index in [4.69, 9.17) is 24.7 Å². The number of rotatable bonds is 7. The first kappa shape index (κ1) is 23.1. The van der Waals surface area contributed by atoms with Crippen LogP contribution < -0.4 is 15.2 Å². The summed E-state index contributed by atoms with van der Waals surface area (Å²) in [7, 11) is 2.92. The molecule has 33 heavy (non-hydrogen) atoms. The number of carbonyl (C=O) groups is 1. The third-order valence-electron chi connectivity index (χ3n) is 4.98. The minimum Gasteiger partial charge on any atom is -0.497 e. The summed E-state index contributed by atoms with van der Waals surface area (Å²) in [5.74, 6) is -1.29. The molecule has 1 aliphatic rings. The largest absolute Gasteiger partial charge is 0.497 e. The van der Waals surface area contributed by atoms with E-state index < -0.39 is 16.8 Å². The molecular weight excluding hydrogens is 430 g/mol. The van der Waals surface area contributed by atoms with E-state index in [1.165, 1.54) is 38.5 Å². The molecule has 0 amide bonds. The fourth-order valence-electron chi connectivity index (χ4n) is 3.53. The monoisotopic (exact) mass is 451 g/mol. The van der Waals surface area contributed by atoms with E-state index >= 15 is 0 Å². The van der Waals surface area contributed by atoms with Crippen LogP contribution >= 0.6 is 0 Å². The highest BCUT2D eigenvalue weighted by atomic mass is 16.6. The Balaban J connectivity index is 2.38. The van der Waals surface area contributed by atoms with Crippen LogP contribution in [0.1, 0.15) is 24.0 Å². The van der Waals surface area contributed by atoms with Crippen molar-refractivity contribution < 1.29 is 28.7 Å². The molecule has 10 nitrogen and oxygen atoms in total. The quantitative estimate of drug-likeness (QED) is 0.380. The lowest BCUT2D eigenvalue weighted by atomic mass is 9.81. The minimum atomic E-state index is -1.04. The summed E-state index contributed by atoms with van der Waals surface area (Å²) >= 11 is 0. The summed E-state index contributed by atoms with van der Waals surface area (Å²) in [6, 6.07) is 12.4. The second-order valence-corrected chi connectivity index (χ2v) is 6.80. The van der Waals surface area contributed by atoms with Gasteiger partial charge >= 0.3 is 5.97 Å². The van der Waals surface area contributed by atoms with Crippen LogP contribution in [0, 0.1) is 21.4 Å². The highest BCUT2D eigenvalue weighted by Gasteiger charge is 2.40. The lowest BCUT2D eigenvalue weighted by molar-refractivity contribution is -0.384. The second kappa shape index (κ2) is 9.74.